The Kier molecular flexibility index (Phi) is 3.36. The number of alkyl halides is 1. The molecule has 1 unspecified atom stereocenters. The number of aryl methyl sites for hydroxylation is 1. The van der Waals surface area contributed by atoms with E-state index in [-0.39, 0.29) is 11.2 Å². The topological polar surface area (TPSA) is 13.1 Å². The zero-order valence-electron chi connectivity index (χ0n) is 8.51. The zero-order valence-corrected chi connectivity index (χ0v) is 10.8. The van der Waals surface area contributed by atoms with Crippen LogP contribution in [0.5, 0.6) is 0 Å². The first kappa shape index (κ1) is 11.7. The van der Waals surface area contributed by atoms with Gasteiger partial charge in [0.1, 0.15) is 5.82 Å². The van der Waals surface area contributed by atoms with Crippen LogP contribution in [0.25, 0.3) is 0 Å². The monoisotopic (exact) mass is 302 g/mol. The summed E-state index contributed by atoms with van der Waals surface area (Å²) in [6.07, 6.45) is 1.56. The SMILES string of the molecule is Cc1cc(C(Cl)c2ccoc2Br)ccc1F. The van der Waals surface area contributed by atoms with Crippen LogP contribution in [0.2, 0.25) is 0 Å². The molecule has 0 aliphatic rings. The summed E-state index contributed by atoms with van der Waals surface area (Å²) in [7, 11) is 0. The molecule has 84 valence electrons. The number of halogens is 3. The molecule has 1 aromatic carbocycles. The Labute approximate surface area is 106 Å². The van der Waals surface area contributed by atoms with Crippen LogP contribution in [0.15, 0.2) is 39.6 Å². The lowest BCUT2D eigenvalue weighted by Crippen LogP contribution is -1.94. The van der Waals surface area contributed by atoms with Gasteiger partial charge in [-0.2, -0.15) is 0 Å². The molecule has 16 heavy (non-hydrogen) atoms. The highest BCUT2D eigenvalue weighted by atomic mass is 79.9. The van der Waals surface area contributed by atoms with Gasteiger partial charge in [-0.1, -0.05) is 12.1 Å². The van der Waals surface area contributed by atoms with Crippen molar-refractivity contribution in [1.29, 1.82) is 0 Å². The molecule has 0 saturated carbocycles. The van der Waals surface area contributed by atoms with E-state index < -0.39 is 0 Å². The third-order valence-electron chi connectivity index (χ3n) is 2.39. The maximum atomic E-state index is 13.1. The summed E-state index contributed by atoms with van der Waals surface area (Å²) in [5.41, 5.74) is 2.28. The number of rotatable bonds is 2. The van der Waals surface area contributed by atoms with Crippen LogP contribution in [0.1, 0.15) is 22.1 Å². The van der Waals surface area contributed by atoms with E-state index in [0.29, 0.717) is 10.2 Å². The zero-order chi connectivity index (χ0) is 11.7. The van der Waals surface area contributed by atoms with Crippen molar-refractivity contribution < 1.29 is 8.81 Å². The smallest absolute Gasteiger partial charge is 0.173 e. The summed E-state index contributed by atoms with van der Waals surface area (Å²) in [6, 6.07) is 6.64. The molecule has 0 radical (unpaired) electrons. The van der Waals surface area contributed by atoms with Crippen molar-refractivity contribution in [2.24, 2.45) is 0 Å². The lowest BCUT2D eigenvalue weighted by molar-refractivity contribution is 0.537. The third-order valence-corrected chi connectivity index (χ3v) is 3.53. The normalized spacial score (nSPS) is 12.8. The summed E-state index contributed by atoms with van der Waals surface area (Å²) in [6.45, 7) is 1.72. The van der Waals surface area contributed by atoms with Gasteiger partial charge in [0.2, 0.25) is 0 Å². The van der Waals surface area contributed by atoms with E-state index in [2.05, 4.69) is 15.9 Å². The Balaban J connectivity index is 2.38. The summed E-state index contributed by atoms with van der Waals surface area (Å²) in [5.74, 6) is -0.223. The van der Waals surface area contributed by atoms with Crippen LogP contribution in [0.3, 0.4) is 0 Å². The third kappa shape index (κ3) is 2.15. The molecular formula is C12H9BrClFO. The summed E-state index contributed by atoms with van der Waals surface area (Å²) >= 11 is 9.56. The fraction of sp³-hybridized carbons (Fsp3) is 0.167. The average Bonchev–Trinajstić information content (AvgIpc) is 2.67. The molecule has 1 atom stereocenters. The number of benzene rings is 1. The lowest BCUT2D eigenvalue weighted by atomic mass is 10.0. The first-order chi connectivity index (χ1) is 7.59. The second-order valence-electron chi connectivity index (χ2n) is 3.52. The predicted molar refractivity (Wildman–Crippen MR) is 65.2 cm³/mol. The highest BCUT2D eigenvalue weighted by molar-refractivity contribution is 9.10. The first-order valence-corrected chi connectivity index (χ1v) is 5.95. The van der Waals surface area contributed by atoms with Gasteiger partial charge < -0.3 is 4.42 Å². The molecule has 0 aliphatic carbocycles. The van der Waals surface area contributed by atoms with E-state index in [4.69, 9.17) is 16.0 Å². The minimum Gasteiger partial charge on any atom is -0.457 e. The lowest BCUT2D eigenvalue weighted by Gasteiger charge is -2.09. The van der Waals surface area contributed by atoms with E-state index in [9.17, 15) is 4.39 Å². The Morgan fingerprint density at radius 1 is 1.38 bits per heavy atom. The van der Waals surface area contributed by atoms with Crippen molar-refractivity contribution >= 4 is 27.5 Å². The minimum atomic E-state index is -0.340. The fourth-order valence-electron chi connectivity index (χ4n) is 1.49. The van der Waals surface area contributed by atoms with Crippen LogP contribution in [0, 0.1) is 12.7 Å². The van der Waals surface area contributed by atoms with Crippen molar-refractivity contribution in [2.45, 2.75) is 12.3 Å². The van der Waals surface area contributed by atoms with Crippen LogP contribution in [0.4, 0.5) is 4.39 Å². The molecule has 0 amide bonds. The fourth-order valence-corrected chi connectivity index (χ4v) is 2.40. The van der Waals surface area contributed by atoms with E-state index in [0.717, 1.165) is 11.1 Å². The van der Waals surface area contributed by atoms with Crippen molar-refractivity contribution in [1.82, 2.24) is 0 Å². The Bertz CT molecular complexity index is 509. The van der Waals surface area contributed by atoms with Gasteiger partial charge in [-0.05, 0) is 46.1 Å². The molecule has 0 N–H and O–H groups in total. The first-order valence-electron chi connectivity index (χ1n) is 4.72. The predicted octanol–water partition coefficient (Wildman–Crippen LogP) is 4.82. The summed E-state index contributed by atoms with van der Waals surface area (Å²) in [4.78, 5) is 0. The number of furan rings is 1. The van der Waals surface area contributed by atoms with E-state index in [1.807, 2.05) is 0 Å². The molecule has 0 spiro atoms. The maximum Gasteiger partial charge on any atom is 0.173 e. The molecule has 0 fully saturated rings. The Morgan fingerprint density at radius 3 is 2.69 bits per heavy atom. The molecule has 1 nitrogen and oxygen atoms in total. The van der Waals surface area contributed by atoms with Crippen molar-refractivity contribution in [3.63, 3.8) is 0 Å². The van der Waals surface area contributed by atoms with E-state index in [1.54, 1.807) is 31.4 Å². The Hall–Kier alpha value is -0.800. The molecule has 0 saturated heterocycles. The van der Waals surface area contributed by atoms with Crippen LogP contribution < -0.4 is 0 Å². The van der Waals surface area contributed by atoms with Gasteiger partial charge in [-0.3, -0.25) is 0 Å². The van der Waals surface area contributed by atoms with Gasteiger partial charge in [0.15, 0.2) is 4.67 Å². The van der Waals surface area contributed by atoms with Gasteiger partial charge in [-0.25, -0.2) is 4.39 Å². The van der Waals surface area contributed by atoms with E-state index in [1.165, 1.54) is 6.07 Å². The molecule has 1 aromatic heterocycles. The Morgan fingerprint density at radius 2 is 2.12 bits per heavy atom. The van der Waals surface area contributed by atoms with Gasteiger partial charge in [0, 0.05) is 5.56 Å². The van der Waals surface area contributed by atoms with Crippen molar-refractivity contribution in [3.8, 4) is 0 Å². The summed E-state index contributed by atoms with van der Waals surface area (Å²) < 4.78 is 18.8. The molecule has 2 rings (SSSR count). The largest absolute Gasteiger partial charge is 0.457 e. The molecular weight excluding hydrogens is 294 g/mol. The molecule has 0 bridgehead atoms. The van der Waals surface area contributed by atoms with Gasteiger partial charge in [-0.15, -0.1) is 11.6 Å². The molecule has 2 aromatic rings. The second-order valence-corrected chi connectivity index (χ2v) is 4.68. The van der Waals surface area contributed by atoms with Gasteiger partial charge >= 0.3 is 0 Å². The van der Waals surface area contributed by atoms with Crippen LogP contribution in [-0.2, 0) is 0 Å². The molecule has 0 aliphatic heterocycles. The number of hydrogen-bond donors (Lipinski definition) is 0. The second kappa shape index (κ2) is 4.60. The van der Waals surface area contributed by atoms with Crippen molar-refractivity contribution in [3.05, 3.63) is 57.7 Å². The molecule has 4 heteroatoms. The highest BCUT2D eigenvalue weighted by Crippen LogP contribution is 2.34. The number of hydrogen-bond acceptors (Lipinski definition) is 1. The quantitative estimate of drug-likeness (QED) is 0.725. The molecule has 1 heterocycles. The van der Waals surface area contributed by atoms with Crippen molar-refractivity contribution in [2.75, 3.05) is 0 Å². The van der Waals surface area contributed by atoms with Gasteiger partial charge in [0.25, 0.3) is 0 Å². The highest BCUT2D eigenvalue weighted by Gasteiger charge is 2.16. The van der Waals surface area contributed by atoms with E-state index >= 15 is 0 Å². The minimum absolute atomic E-state index is 0.223. The summed E-state index contributed by atoms with van der Waals surface area (Å²) in [5, 5.41) is -0.340. The average molecular weight is 304 g/mol. The van der Waals surface area contributed by atoms with Crippen LogP contribution in [-0.4, -0.2) is 0 Å². The standard InChI is InChI=1S/C12H9BrClFO/c1-7-6-8(2-3-10(7)15)11(14)9-4-5-16-12(9)13/h2-6,11H,1H3. The maximum absolute atomic E-state index is 13.1. The van der Waals surface area contributed by atoms with Crippen LogP contribution >= 0.6 is 27.5 Å². The van der Waals surface area contributed by atoms with Gasteiger partial charge in [0.05, 0.1) is 11.6 Å².